The van der Waals surface area contributed by atoms with Crippen molar-refractivity contribution in [2.45, 2.75) is 26.7 Å². The molecule has 1 amide bonds. The van der Waals surface area contributed by atoms with Gasteiger partial charge in [0.15, 0.2) is 0 Å². The second-order valence-electron chi connectivity index (χ2n) is 6.45. The third-order valence-electron chi connectivity index (χ3n) is 4.23. The molecule has 2 aliphatic heterocycles. The Morgan fingerprint density at radius 3 is 2.70 bits per heavy atom. The van der Waals surface area contributed by atoms with Crippen LogP contribution in [0, 0.1) is 11.3 Å². The Bertz CT molecular complexity index is 490. The van der Waals surface area contributed by atoms with Crippen LogP contribution in [-0.4, -0.2) is 47.0 Å². The van der Waals surface area contributed by atoms with Crippen LogP contribution in [0.5, 0.6) is 0 Å². The molecule has 1 unspecified atom stereocenters. The van der Waals surface area contributed by atoms with E-state index in [1.165, 1.54) is 0 Å². The molecular weight excluding hydrogens is 252 g/mol. The number of amides is 1. The molecule has 0 aliphatic carbocycles. The highest BCUT2D eigenvalue weighted by Gasteiger charge is 2.54. The largest absolute Gasteiger partial charge is 0.302 e. The molecule has 20 heavy (non-hydrogen) atoms. The summed E-state index contributed by atoms with van der Waals surface area (Å²) in [5.74, 6) is 1.40. The average molecular weight is 274 g/mol. The molecule has 2 saturated heterocycles. The van der Waals surface area contributed by atoms with E-state index in [1.807, 2.05) is 0 Å². The number of carbonyl (C=O) groups excluding carboxylic acids is 1. The molecule has 2 aliphatic rings. The number of nitrogens with zero attached hydrogens (tertiary/aromatic N) is 4. The average Bonchev–Trinajstić information content (AvgIpc) is 2.45. The summed E-state index contributed by atoms with van der Waals surface area (Å²) in [6, 6.07) is 1.77. The van der Waals surface area contributed by atoms with Crippen LogP contribution in [0.4, 0.5) is 5.95 Å². The van der Waals surface area contributed by atoms with Crippen molar-refractivity contribution in [2.24, 2.45) is 11.3 Å². The number of β-lactam (4-membered cyclic amide) rings is 1. The van der Waals surface area contributed by atoms with Gasteiger partial charge in [-0.3, -0.25) is 9.69 Å². The van der Waals surface area contributed by atoms with Crippen LogP contribution < -0.4 is 4.90 Å². The van der Waals surface area contributed by atoms with Crippen molar-refractivity contribution in [3.8, 4) is 0 Å². The predicted octanol–water partition coefficient (Wildman–Crippen LogP) is 1.56. The molecule has 0 N–H and O–H groups in total. The minimum absolute atomic E-state index is 0.174. The summed E-state index contributed by atoms with van der Waals surface area (Å²) < 4.78 is 0. The van der Waals surface area contributed by atoms with Crippen molar-refractivity contribution in [2.75, 3.05) is 31.1 Å². The molecule has 0 saturated carbocycles. The lowest BCUT2D eigenvalue weighted by molar-refractivity contribution is -0.139. The van der Waals surface area contributed by atoms with Crippen LogP contribution in [0.1, 0.15) is 26.7 Å². The Kier molecular flexibility index (Phi) is 3.46. The van der Waals surface area contributed by atoms with Gasteiger partial charge in [-0.05, 0) is 31.4 Å². The highest BCUT2D eigenvalue weighted by atomic mass is 16.2. The van der Waals surface area contributed by atoms with Crippen LogP contribution in [0.25, 0.3) is 0 Å². The van der Waals surface area contributed by atoms with E-state index in [1.54, 1.807) is 23.4 Å². The van der Waals surface area contributed by atoms with E-state index >= 15 is 0 Å². The standard InChI is InChI=1S/C15H22N4O/c1-12(2)9-18-8-3-5-15(10-18)11-19(13(15)20)14-16-6-4-7-17-14/h4,6-7,12H,3,5,8-11H2,1-2H3. The van der Waals surface area contributed by atoms with Gasteiger partial charge in [0, 0.05) is 32.0 Å². The Labute approximate surface area is 120 Å². The molecule has 0 radical (unpaired) electrons. The van der Waals surface area contributed by atoms with Gasteiger partial charge in [0.05, 0.1) is 5.41 Å². The van der Waals surface area contributed by atoms with Crippen molar-refractivity contribution >= 4 is 11.9 Å². The molecule has 1 atom stereocenters. The number of hydrogen-bond acceptors (Lipinski definition) is 4. The van der Waals surface area contributed by atoms with E-state index in [0.29, 0.717) is 11.9 Å². The molecule has 3 rings (SSSR count). The molecule has 2 fully saturated rings. The second kappa shape index (κ2) is 5.13. The van der Waals surface area contributed by atoms with E-state index < -0.39 is 0 Å². The van der Waals surface area contributed by atoms with Crippen molar-refractivity contribution in [1.82, 2.24) is 14.9 Å². The third kappa shape index (κ3) is 2.30. The SMILES string of the molecule is CC(C)CN1CCCC2(C1)CN(c1ncccn1)C2=O. The first-order valence-corrected chi connectivity index (χ1v) is 7.42. The fraction of sp³-hybridized carbons (Fsp3) is 0.667. The van der Waals surface area contributed by atoms with Gasteiger partial charge in [0.1, 0.15) is 0 Å². The summed E-state index contributed by atoms with van der Waals surface area (Å²) in [6.07, 6.45) is 5.49. The number of carbonyl (C=O) groups is 1. The normalized spacial score (nSPS) is 27.1. The quantitative estimate of drug-likeness (QED) is 0.785. The molecule has 0 bridgehead atoms. The number of likely N-dealkylation sites (tertiary alicyclic amines) is 1. The topological polar surface area (TPSA) is 49.3 Å². The van der Waals surface area contributed by atoms with Crippen molar-refractivity contribution in [3.63, 3.8) is 0 Å². The fourth-order valence-electron chi connectivity index (χ4n) is 3.43. The lowest BCUT2D eigenvalue weighted by atomic mass is 9.72. The Morgan fingerprint density at radius 1 is 1.30 bits per heavy atom. The van der Waals surface area contributed by atoms with Gasteiger partial charge in [0.2, 0.25) is 11.9 Å². The zero-order chi connectivity index (χ0) is 14.2. The summed E-state index contributed by atoms with van der Waals surface area (Å²) in [7, 11) is 0. The Balaban J connectivity index is 1.68. The highest BCUT2D eigenvalue weighted by molar-refractivity contribution is 6.03. The predicted molar refractivity (Wildman–Crippen MR) is 77.3 cm³/mol. The maximum atomic E-state index is 12.6. The molecule has 108 valence electrons. The summed E-state index contributed by atoms with van der Waals surface area (Å²) >= 11 is 0. The monoisotopic (exact) mass is 274 g/mol. The van der Waals surface area contributed by atoms with E-state index in [2.05, 4.69) is 28.7 Å². The summed E-state index contributed by atoms with van der Waals surface area (Å²) in [6.45, 7) is 8.33. The molecule has 3 heterocycles. The zero-order valence-corrected chi connectivity index (χ0v) is 12.2. The third-order valence-corrected chi connectivity index (χ3v) is 4.23. The maximum absolute atomic E-state index is 12.6. The molecule has 5 heteroatoms. The molecule has 1 aromatic heterocycles. The minimum Gasteiger partial charge on any atom is -0.302 e. The van der Waals surface area contributed by atoms with Gasteiger partial charge in [-0.25, -0.2) is 9.97 Å². The van der Waals surface area contributed by atoms with Gasteiger partial charge in [-0.1, -0.05) is 13.8 Å². The highest BCUT2D eigenvalue weighted by Crippen LogP contribution is 2.41. The van der Waals surface area contributed by atoms with Crippen LogP contribution in [0.15, 0.2) is 18.5 Å². The van der Waals surface area contributed by atoms with Crippen molar-refractivity contribution in [3.05, 3.63) is 18.5 Å². The van der Waals surface area contributed by atoms with Crippen molar-refractivity contribution in [1.29, 1.82) is 0 Å². The Morgan fingerprint density at radius 2 is 2.05 bits per heavy atom. The lowest BCUT2D eigenvalue weighted by Gasteiger charge is -2.52. The van der Waals surface area contributed by atoms with Gasteiger partial charge < -0.3 is 4.90 Å². The molecular formula is C15H22N4O. The van der Waals surface area contributed by atoms with Gasteiger partial charge >= 0.3 is 0 Å². The number of rotatable bonds is 3. The zero-order valence-electron chi connectivity index (χ0n) is 12.2. The summed E-state index contributed by atoms with van der Waals surface area (Å²) in [5.41, 5.74) is -0.174. The molecule has 1 aromatic rings. The summed E-state index contributed by atoms with van der Waals surface area (Å²) in [5, 5.41) is 0. The number of aromatic nitrogens is 2. The number of anilines is 1. The van der Waals surface area contributed by atoms with Crippen LogP contribution in [0.3, 0.4) is 0 Å². The van der Waals surface area contributed by atoms with Gasteiger partial charge in [0.25, 0.3) is 0 Å². The van der Waals surface area contributed by atoms with Crippen LogP contribution >= 0.6 is 0 Å². The second-order valence-corrected chi connectivity index (χ2v) is 6.45. The van der Waals surface area contributed by atoms with Crippen molar-refractivity contribution < 1.29 is 4.79 Å². The maximum Gasteiger partial charge on any atom is 0.238 e. The Hall–Kier alpha value is -1.49. The molecule has 0 aromatic carbocycles. The fourth-order valence-corrected chi connectivity index (χ4v) is 3.43. The van der Waals surface area contributed by atoms with E-state index in [4.69, 9.17) is 0 Å². The first-order chi connectivity index (χ1) is 9.61. The minimum atomic E-state index is -0.174. The van der Waals surface area contributed by atoms with E-state index in [0.717, 1.165) is 39.0 Å². The van der Waals surface area contributed by atoms with Crippen LogP contribution in [0.2, 0.25) is 0 Å². The first kappa shape index (κ1) is 13.5. The number of hydrogen-bond donors (Lipinski definition) is 0. The lowest BCUT2D eigenvalue weighted by Crippen LogP contribution is -2.67. The molecule has 5 nitrogen and oxygen atoms in total. The van der Waals surface area contributed by atoms with E-state index in [9.17, 15) is 4.79 Å². The smallest absolute Gasteiger partial charge is 0.238 e. The van der Waals surface area contributed by atoms with Crippen LogP contribution in [-0.2, 0) is 4.79 Å². The van der Waals surface area contributed by atoms with Gasteiger partial charge in [-0.15, -0.1) is 0 Å². The van der Waals surface area contributed by atoms with E-state index in [-0.39, 0.29) is 11.3 Å². The number of piperidine rings is 1. The molecule has 1 spiro atoms. The van der Waals surface area contributed by atoms with Gasteiger partial charge in [-0.2, -0.15) is 0 Å². The summed E-state index contributed by atoms with van der Waals surface area (Å²) in [4.78, 5) is 25.1. The first-order valence-electron chi connectivity index (χ1n) is 7.42.